The molecule has 2 amide bonds. The number of ketones is 3. The molecule has 6 aromatic carbocycles. The van der Waals surface area contributed by atoms with Crippen molar-refractivity contribution in [1.29, 1.82) is 0 Å². The normalized spacial score (nSPS) is 11.3. The van der Waals surface area contributed by atoms with Gasteiger partial charge in [0.2, 0.25) is 5.91 Å². The molecule has 1 aromatic heterocycles. The largest absolute Gasteiger partial charge is 1.00 e. The molecule has 9 rings (SSSR count). The number of carbonyl (C=O) groups excluding carboxylic acids is 12. The van der Waals surface area contributed by atoms with Crippen molar-refractivity contribution in [3.63, 3.8) is 0 Å². The van der Waals surface area contributed by atoms with E-state index in [0.717, 1.165) is 16.7 Å². The van der Waals surface area contributed by atoms with Gasteiger partial charge in [-0.3, -0.25) is 43.2 Å². The third-order valence-electron chi connectivity index (χ3n) is 13.9. The number of H-pyrrole nitrogens is 1. The van der Waals surface area contributed by atoms with Crippen LogP contribution in [0.3, 0.4) is 0 Å². The first kappa shape index (κ1) is 99.0. The van der Waals surface area contributed by atoms with Crippen molar-refractivity contribution in [2.75, 3.05) is 65.3 Å². The molecule has 0 bridgehead atoms. The maximum absolute atomic E-state index is 12.9. The second-order valence-corrected chi connectivity index (χ2v) is 21.8. The summed E-state index contributed by atoms with van der Waals surface area (Å²) < 4.78 is 37.7. The Labute approximate surface area is 669 Å². The number of hydrogen-bond donors (Lipinski definition) is 3. The number of ether oxygens (including phenoxy) is 8. The topological polar surface area (TPSA) is 362 Å². The molecule has 0 fully saturated rings. The van der Waals surface area contributed by atoms with Crippen LogP contribution in [0.1, 0.15) is 149 Å². The molecule has 25 nitrogen and oxygen atoms in total. The average molecular weight is 1550 g/mol. The summed E-state index contributed by atoms with van der Waals surface area (Å²) in [6.45, 7) is 20.9. The summed E-state index contributed by atoms with van der Waals surface area (Å²) in [5, 5.41) is 22.3. The van der Waals surface area contributed by atoms with E-state index in [4.69, 9.17) is 35.7 Å². The number of amides is 2. The van der Waals surface area contributed by atoms with Gasteiger partial charge in [0, 0.05) is 22.3 Å². The first-order valence-electron chi connectivity index (χ1n) is 34.6. The van der Waals surface area contributed by atoms with E-state index in [9.17, 15) is 62.6 Å². The van der Waals surface area contributed by atoms with Crippen LogP contribution in [0.4, 0.5) is 4.79 Å². The van der Waals surface area contributed by atoms with Crippen molar-refractivity contribution < 1.29 is 135 Å². The minimum absolute atomic E-state index is 0. The number of aromatic nitrogens is 1. The number of aromatic amines is 1. The van der Waals surface area contributed by atoms with Gasteiger partial charge < -0.3 is 58.4 Å². The smallest absolute Gasteiger partial charge is 0.855 e. The Balaban J connectivity index is 0.00000132. The van der Waals surface area contributed by atoms with Gasteiger partial charge in [0.15, 0.2) is 23.2 Å². The molecule has 3 N–H and O–H groups in total. The number of aliphatic imine (C=N–C) groups is 1. The van der Waals surface area contributed by atoms with E-state index in [1.165, 1.54) is 0 Å². The van der Waals surface area contributed by atoms with E-state index in [1.54, 1.807) is 155 Å². The second kappa shape index (κ2) is 57.2. The quantitative estimate of drug-likeness (QED) is 0.0126. The zero-order valence-electron chi connectivity index (χ0n) is 63.4. The minimum Gasteiger partial charge on any atom is -0.855 e. The summed E-state index contributed by atoms with van der Waals surface area (Å²) in [5.74, 6) is -5.87. The van der Waals surface area contributed by atoms with Crippen LogP contribution in [0.15, 0.2) is 198 Å². The molecule has 2 aliphatic rings. The molecule has 0 saturated carbocycles. The fourth-order valence-electron chi connectivity index (χ4n) is 9.34. The van der Waals surface area contributed by atoms with Crippen LogP contribution >= 0.6 is 11.6 Å². The van der Waals surface area contributed by atoms with Crippen LogP contribution in [-0.4, -0.2) is 152 Å². The number of esters is 6. The van der Waals surface area contributed by atoms with Gasteiger partial charge in [0.1, 0.15) is 18.2 Å². The zero-order chi connectivity index (χ0) is 80.3. The molecular formula is C83H97ClN3NaO22. The van der Waals surface area contributed by atoms with E-state index in [2.05, 4.69) is 34.2 Å². The molecule has 2 aliphatic heterocycles. The minimum atomic E-state index is -1.16. The molecule has 7 aromatic rings. The first-order chi connectivity index (χ1) is 51.9. The number of rotatable bonds is 24. The number of aromatic hydroxyl groups is 1. The van der Waals surface area contributed by atoms with Gasteiger partial charge in [-0.05, 0) is 85.9 Å². The molecule has 0 spiro atoms. The number of Topliss-reactive ketones (excluding diaryl/α,β-unsaturated/α-hetero) is 3. The molecule has 3 heterocycles. The number of benzene rings is 6. The maximum Gasteiger partial charge on any atom is 1.00 e. The number of hydrogen-bond acceptors (Lipinski definition) is 22. The molecule has 0 radical (unpaired) electrons. The van der Waals surface area contributed by atoms with Gasteiger partial charge in [0.25, 0.3) is 5.91 Å². The Morgan fingerprint density at radius 1 is 0.518 bits per heavy atom. The summed E-state index contributed by atoms with van der Waals surface area (Å²) in [6.07, 6.45) is -0.989. The van der Waals surface area contributed by atoms with E-state index in [1.807, 2.05) is 103 Å². The van der Waals surface area contributed by atoms with Gasteiger partial charge >= 0.3 is 71.5 Å². The van der Waals surface area contributed by atoms with Crippen LogP contribution in [0.5, 0.6) is 5.88 Å². The Morgan fingerprint density at radius 3 is 1.35 bits per heavy atom. The van der Waals surface area contributed by atoms with Crippen LogP contribution in [-0.2, 0) is 76.3 Å². The van der Waals surface area contributed by atoms with E-state index in [0.29, 0.717) is 72.3 Å². The van der Waals surface area contributed by atoms with E-state index >= 15 is 0 Å². The van der Waals surface area contributed by atoms with Crippen molar-refractivity contribution in [2.45, 2.75) is 103 Å². The van der Waals surface area contributed by atoms with Crippen LogP contribution in [0.2, 0.25) is 0 Å². The molecule has 27 heteroatoms. The predicted octanol–water partition coefficient (Wildman–Crippen LogP) is 10.2. The third kappa shape index (κ3) is 35.4. The van der Waals surface area contributed by atoms with Crippen LogP contribution in [0, 0.1) is 12.8 Å². The Bertz CT molecular complexity index is 4110. The number of nitrogens with zero attached hydrogens (tertiary/aromatic N) is 1. The summed E-state index contributed by atoms with van der Waals surface area (Å²) in [4.78, 5) is 145. The average Bonchev–Trinajstić information content (AvgIpc) is 1.60. The monoisotopic (exact) mass is 1550 g/mol. The predicted molar refractivity (Wildman–Crippen MR) is 411 cm³/mol. The number of halogens is 1. The number of alkyl halides is 1. The van der Waals surface area contributed by atoms with Crippen molar-refractivity contribution in [3.8, 4) is 17.1 Å². The van der Waals surface area contributed by atoms with E-state index < -0.39 is 53.6 Å². The van der Waals surface area contributed by atoms with Crippen LogP contribution in [0.25, 0.3) is 22.5 Å². The van der Waals surface area contributed by atoms with Crippen molar-refractivity contribution in [2.24, 2.45) is 10.9 Å². The second-order valence-electron chi connectivity index (χ2n) is 21.6. The maximum atomic E-state index is 12.9. The van der Waals surface area contributed by atoms with Crippen molar-refractivity contribution in [3.05, 3.63) is 232 Å². The SMILES string of the molecule is C.CC(=O)c1ccccc1.CCOC(=O)C1=C(c2c(O)[nH]c(-c3ccccc3)c2C)C(=O)N=C1c1ccccc1.CCOC(=O)C1=C(c2ccccc2)NC(=O)C1.CCOC(=O)CC(=O)c1ccccc1.CCOC(=O)CC(C(=O)OCC)C(=O)c1ccccc1.CCOC(=O)CCl.CCOC(=O)OCC.CC[O-].[Na+]. The van der Waals surface area contributed by atoms with Gasteiger partial charge in [-0.2, -0.15) is 0 Å². The zero-order valence-corrected chi connectivity index (χ0v) is 66.2. The molecule has 584 valence electrons. The summed E-state index contributed by atoms with van der Waals surface area (Å²) >= 11 is 5.06. The van der Waals surface area contributed by atoms with Gasteiger partial charge in [-0.15, -0.1) is 18.2 Å². The number of nitrogens with one attached hydrogen (secondary N) is 2. The van der Waals surface area contributed by atoms with Crippen molar-refractivity contribution in [1.82, 2.24) is 10.3 Å². The Hall–Kier alpha value is -11.0. The molecule has 110 heavy (non-hydrogen) atoms. The van der Waals surface area contributed by atoms with Gasteiger partial charge in [0.05, 0.1) is 105 Å². The standard InChI is InChI=1S/C24H20N2O4.C15H18O5.C13H13NO3.C11H12O3.C8H8O.C5H10O3.C4H7ClO2.C2H5O.CH4.Na/c1-3-30-24(29)19-18(23(28)26-21(19)16-12-8-5-9-13-16)17-14(2)20(25-22(17)27)15-10-6-4-7-11-15;1-3-19-13(16)10-12(15(18)20-4-2)14(17)11-8-6-5-7-9-11;1-2-17-13(16)10-8-11(15)14-12(10)9-6-4-3-5-7-9;1-2-14-11(13)8-10(12)9-6-4-3-5-7-9;1-7(9)8-5-3-2-4-6-8;1-3-7-5(6)8-4-2;1-2-7-4(6)3-5;1-2-3;;/h4-13,25,27H,3H2,1-2H3;5-9,12H,3-4,10H2,1-2H3;3-7H,2,8H2,1H3,(H,14,15);3-7H,2,8H2,1H3;2-6H,1H3;3-4H2,1-2H3;2-3H2,1H3;2H2,1H3;1H4;/q;;;;;;;-1;;+1. The van der Waals surface area contributed by atoms with Crippen molar-refractivity contribution >= 4 is 99.7 Å². The Morgan fingerprint density at radius 2 is 0.918 bits per heavy atom. The fraction of sp³-hybridized carbons (Fsp3) is 0.313. The summed E-state index contributed by atoms with van der Waals surface area (Å²) in [6, 6.07) is 54.0. The molecular weight excluding hydrogens is 1450 g/mol. The van der Waals surface area contributed by atoms with Gasteiger partial charge in [-0.1, -0.05) is 196 Å². The molecule has 1 unspecified atom stereocenters. The Kier molecular flexibility index (Phi) is 51.5. The van der Waals surface area contributed by atoms with E-state index in [-0.39, 0.29) is 140 Å². The first-order valence-corrected chi connectivity index (χ1v) is 35.1. The van der Waals surface area contributed by atoms with Gasteiger partial charge in [-0.25, -0.2) is 19.4 Å². The molecule has 0 aliphatic carbocycles. The summed E-state index contributed by atoms with van der Waals surface area (Å²) in [7, 11) is 0. The van der Waals surface area contributed by atoms with Crippen LogP contribution < -0.4 is 40.0 Å². The number of carbonyl (C=O) groups is 12. The molecule has 1 atom stereocenters. The third-order valence-corrected chi connectivity index (χ3v) is 14.1. The molecule has 0 saturated heterocycles. The summed E-state index contributed by atoms with van der Waals surface area (Å²) in [5.41, 5.74) is 6.88. The fourth-order valence-corrected chi connectivity index (χ4v) is 9.42.